The van der Waals surface area contributed by atoms with Gasteiger partial charge >= 0.3 is 0 Å². The van der Waals surface area contributed by atoms with Gasteiger partial charge in [0.25, 0.3) is 0 Å². The van der Waals surface area contributed by atoms with Crippen molar-refractivity contribution in [3.63, 3.8) is 0 Å². The Morgan fingerprint density at radius 3 is 2.83 bits per heavy atom. The highest BCUT2D eigenvalue weighted by molar-refractivity contribution is 7.09. The lowest BCUT2D eigenvalue weighted by Crippen LogP contribution is -2.37. The predicted octanol–water partition coefficient (Wildman–Crippen LogP) is 3.15. The van der Waals surface area contributed by atoms with Crippen LogP contribution in [0.4, 0.5) is 0 Å². The number of hydrogen-bond donors (Lipinski definition) is 2. The van der Waals surface area contributed by atoms with Crippen molar-refractivity contribution in [2.75, 3.05) is 20.2 Å². The fraction of sp³-hybridized carbons (Fsp3) is 0.444. The van der Waals surface area contributed by atoms with Crippen molar-refractivity contribution in [1.82, 2.24) is 15.6 Å². The van der Waals surface area contributed by atoms with Crippen molar-refractivity contribution >= 4 is 17.3 Å². The summed E-state index contributed by atoms with van der Waals surface area (Å²) in [6.07, 6.45) is 2.03. The molecule has 0 aliphatic carbocycles. The average Bonchev–Trinajstić information content (AvgIpc) is 3.02. The van der Waals surface area contributed by atoms with Gasteiger partial charge in [-0.2, -0.15) is 0 Å². The molecule has 0 atom stereocenters. The maximum absolute atomic E-state index is 5.37. The number of thiazole rings is 1. The summed E-state index contributed by atoms with van der Waals surface area (Å²) < 4.78 is 5.37. The van der Waals surface area contributed by atoms with Gasteiger partial charge in [-0.05, 0) is 26.3 Å². The van der Waals surface area contributed by atoms with E-state index in [1.165, 1.54) is 5.01 Å². The summed E-state index contributed by atoms with van der Waals surface area (Å²) >= 11 is 1.73. The van der Waals surface area contributed by atoms with Gasteiger partial charge in [0.1, 0.15) is 5.75 Å². The summed E-state index contributed by atoms with van der Waals surface area (Å²) in [5.41, 5.74) is 2.19. The van der Waals surface area contributed by atoms with Crippen molar-refractivity contribution in [3.05, 3.63) is 45.9 Å². The monoisotopic (exact) mass is 346 g/mol. The fourth-order valence-electron chi connectivity index (χ4n) is 2.30. The number of methoxy groups -OCH3 is 1. The molecule has 0 aliphatic heterocycles. The van der Waals surface area contributed by atoms with E-state index in [4.69, 9.17) is 4.74 Å². The predicted molar refractivity (Wildman–Crippen MR) is 101 cm³/mol. The third-order valence-electron chi connectivity index (χ3n) is 3.47. The normalized spacial score (nSPS) is 11.4. The number of nitrogens with one attached hydrogen (secondary N) is 2. The molecule has 0 saturated heterocycles. The topological polar surface area (TPSA) is 58.5 Å². The van der Waals surface area contributed by atoms with Crippen molar-refractivity contribution in [2.45, 2.75) is 33.2 Å². The molecule has 24 heavy (non-hydrogen) atoms. The first-order valence-electron chi connectivity index (χ1n) is 8.28. The SMILES string of the molecule is CCNC(=NCc1ccccc1OC)NCCCc1nc(C)cs1. The van der Waals surface area contributed by atoms with E-state index in [9.17, 15) is 0 Å². The van der Waals surface area contributed by atoms with Crippen LogP contribution in [0.5, 0.6) is 5.75 Å². The van der Waals surface area contributed by atoms with Crippen LogP contribution in [-0.4, -0.2) is 31.1 Å². The average molecular weight is 347 g/mol. The number of rotatable bonds is 8. The number of benzene rings is 1. The maximum atomic E-state index is 5.37. The lowest BCUT2D eigenvalue weighted by molar-refractivity contribution is 0.410. The number of aliphatic imine (C=N–C) groups is 1. The highest BCUT2D eigenvalue weighted by atomic mass is 32.1. The largest absolute Gasteiger partial charge is 0.496 e. The molecule has 2 aromatic rings. The number of para-hydroxylation sites is 1. The Morgan fingerprint density at radius 2 is 2.12 bits per heavy atom. The van der Waals surface area contributed by atoms with Crippen molar-refractivity contribution in [1.29, 1.82) is 0 Å². The van der Waals surface area contributed by atoms with E-state index < -0.39 is 0 Å². The number of aryl methyl sites for hydroxylation is 2. The van der Waals surface area contributed by atoms with Crippen LogP contribution in [0, 0.1) is 6.92 Å². The van der Waals surface area contributed by atoms with Crippen LogP contribution >= 0.6 is 11.3 Å². The van der Waals surface area contributed by atoms with E-state index in [0.717, 1.165) is 48.9 Å². The molecule has 0 bridgehead atoms. The molecule has 0 saturated carbocycles. The highest BCUT2D eigenvalue weighted by Gasteiger charge is 2.03. The number of guanidine groups is 1. The Balaban J connectivity index is 1.84. The third kappa shape index (κ3) is 5.85. The molecule has 0 unspecified atom stereocenters. The standard InChI is InChI=1S/C18H26N4OS/c1-4-19-18(20-11-7-10-17-22-14(2)13-24-17)21-12-15-8-5-6-9-16(15)23-3/h5-6,8-9,13H,4,7,10-12H2,1-3H3,(H2,19,20,21). The molecular formula is C18H26N4OS. The van der Waals surface area contributed by atoms with Gasteiger partial charge in [0.2, 0.25) is 0 Å². The van der Waals surface area contributed by atoms with Gasteiger partial charge in [0, 0.05) is 36.1 Å². The minimum Gasteiger partial charge on any atom is -0.496 e. The molecule has 2 rings (SSSR count). The number of aromatic nitrogens is 1. The number of hydrogen-bond acceptors (Lipinski definition) is 4. The van der Waals surface area contributed by atoms with Crippen LogP contribution < -0.4 is 15.4 Å². The summed E-state index contributed by atoms with van der Waals surface area (Å²) in [4.78, 5) is 9.13. The Bertz CT molecular complexity index is 654. The zero-order chi connectivity index (χ0) is 17.2. The van der Waals surface area contributed by atoms with Gasteiger partial charge in [-0.1, -0.05) is 18.2 Å². The summed E-state index contributed by atoms with van der Waals surface area (Å²) in [6.45, 7) is 6.40. The van der Waals surface area contributed by atoms with Gasteiger partial charge in [-0.15, -0.1) is 11.3 Å². The van der Waals surface area contributed by atoms with E-state index in [2.05, 4.69) is 32.9 Å². The first-order chi connectivity index (χ1) is 11.7. The number of nitrogens with zero attached hydrogens (tertiary/aromatic N) is 2. The lowest BCUT2D eigenvalue weighted by Gasteiger charge is -2.12. The second-order valence-corrected chi connectivity index (χ2v) is 6.36. The minimum absolute atomic E-state index is 0.588. The molecule has 130 valence electrons. The molecule has 0 radical (unpaired) electrons. The van der Waals surface area contributed by atoms with E-state index in [-0.39, 0.29) is 0 Å². The lowest BCUT2D eigenvalue weighted by atomic mass is 10.2. The van der Waals surface area contributed by atoms with Crippen LogP contribution in [-0.2, 0) is 13.0 Å². The van der Waals surface area contributed by atoms with E-state index in [0.29, 0.717) is 6.54 Å². The molecule has 5 nitrogen and oxygen atoms in total. The molecule has 1 aromatic heterocycles. The molecule has 0 aliphatic rings. The smallest absolute Gasteiger partial charge is 0.191 e. The molecule has 1 heterocycles. The van der Waals surface area contributed by atoms with Crippen molar-refractivity contribution in [3.8, 4) is 5.75 Å². The van der Waals surface area contributed by atoms with Crippen LogP contribution in [0.2, 0.25) is 0 Å². The molecule has 1 aromatic carbocycles. The number of ether oxygens (including phenoxy) is 1. The van der Waals surface area contributed by atoms with Gasteiger partial charge < -0.3 is 15.4 Å². The summed E-state index contributed by atoms with van der Waals surface area (Å²) in [6, 6.07) is 7.97. The fourth-order valence-corrected chi connectivity index (χ4v) is 3.12. The van der Waals surface area contributed by atoms with Gasteiger partial charge in [0.15, 0.2) is 5.96 Å². The zero-order valence-electron chi connectivity index (χ0n) is 14.6. The Kier molecular flexibility index (Phi) is 7.55. The molecule has 0 spiro atoms. The van der Waals surface area contributed by atoms with Crippen LogP contribution in [0.3, 0.4) is 0 Å². The third-order valence-corrected chi connectivity index (χ3v) is 4.50. The molecule has 6 heteroatoms. The second-order valence-electron chi connectivity index (χ2n) is 5.42. The Morgan fingerprint density at radius 1 is 1.29 bits per heavy atom. The highest BCUT2D eigenvalue weighted by Crippen LogP contribution is 2.17. The van der Waals surface area contributed by atoms with Gasteiger partial charge in [-0.25, -0.2) is 9.98 Å². The molecule has 0 amide bonds. The first kappa shape index (κ1) is 18.3. The van der Waals surface area contributed by atoms with Crippen LogP contribution in [0.15, 0.2) is 34.6 Å². The van der Waals surface area contributed by atoms with E-state index in [1.54, 1.807) is 18.4 Å². The van der Waals surface area contributed by atoms with Gasteiger partial charge in [-0.3, -0.25) is 0 Å². The molecule has 0 fully saturated rings. The summed E-state index contributed by atoms with van der Waals surface area (Å²) in [5, 5.41) is 9.96. The second kappa shape index (κ2) is 9.93. The van der Waals surface area contributed by atoms with Crippen LogP contribution in [0.1, 0.15) is 29.6 Å². The quantitative estimate of drug-likeness (QED) is 0.438. The molecule has 2 N–H and O–H groups in total. The maximum Gasteiger partial charge on any atom is 0.191 e. The first-order valence-corrected chi connectivity index (χ1v) is 9.16. The van der Waals surface area contributed by atoms with Crippen molar-refractivity contribution in [2.24, 2.45) is 4.99 Å². The summed E-state index contributed by atoms with van der Waals surface area (Å²) in [5.74, 6) is 1.70. The zero-order valence-corrected chi connectivity index (χ0v) is 15.4. The van der Waals surface area contributed by atoms with E-state index in [1.807, 2.05) is 31.2 Å². The Hall–Kier alpha value is -2.08. The minimum atomic E-state index is 0.588. The van der Waals surface area contributed by atoms with Crippen LogP contribution in [0.25, 0.3) is 0 Å². The summed E-state index contributed by atoms with van der Waals surface area (Å²) in [7, 11) is 1.69. The molecular weight excluding hydrogens is 320 g/mol. The van der Waals surface area contributed by atoms with Gasteiger partial charge in [0.05, 0.1) is 18.7 Å². The van der Waals surface area contributed by atoms with E-state index >= 15 is 0 Å². The van der Waals surface area contributed by atoms with Crippen molar-refractivity contribution < 1.29 is 4.74 Å². The Labute approximate surface area is 148 Å².